The molecule has 1 fully saturated rings. The van der Waals surface area contributed by atoms with Gasteiger partial charge >= 0.3 is 0 Å². The summed E-state index contributed by atoms with van der Waals surface area (Å²) in [5, 5.41) is 3.59. The Hall–Kier alpha value is -0.0800. The van der Waals surface area contributed by atoms with Gasteiger partial charge in [-0.1, -0.05) is 13.8 Å². The highest BCUT2D eigenvalue weighted by Gasteiger charge is 2.29. The highest BCUT2D eigenvalue weighted by Crippen LogP contribution is 2.25. The third kappa shape index (κ3) is 4.06. The highest BCUT2D eigenvalue weighted by molar-refractivity contribution is 4.85. The van der Waals surface area contributed by atoms with E-state index in [2.05, 4.69) is 44.8 Å². The fourth-order valence-electron chi connectivity index (χ4n) is 3.07. The van der Waals surface area contributed by atoms with Gasteiger partial charge < -0.3 is 5.32 Å². The van der Waals surface area contributed by atoms with Gasteiger partial charge in [0, 0.05) is 24.7 Å². The first-order valence-corrected chi connectivity index (χ1v) is 7.03. The minimum Gasteiger partial charge on any atom is -0.314 e. The van der Waals surface area contributed by atoms with Gasteiger partial charge in [0.2, 0.25) is 0 Å². The molecular formula is C14H30N2. The third-order valence-electron chi connectivity index (χ3n) is 3.84. The first-order chi connectivity index (χ1) is 7.54. The zero-order valence-electron chi connectivity index (χ0n) is 11.8. The first kappa shape index (κ1) is 14.0. The van der Waals surface area contributed by atoms with Gasteiger partial charge in [-0.15, -0.1) is 0 Å². The molecule has 0 aliphatic carbocycles. The van der Waals surface area contributed by atoms with E-state index in [1.807, 2.05) is 0 Å². The summed E-state index contributed by atoms with van der Waals surface area (Å²) < 4.78 is 0. The first-order valence-electron chi connectivity index (χ1n) is 7.03. The standard InChI is InChI=1S/C14H30N2/c1-6-7-15-12(3)9-14(5)16-10-11(2)8-13(16)4/h11-15H,6-10H2,1-5H3. The summed E-state index contributed by atoms with van der Waals surface area (Å²) in [7, 11) is 0. The minimum atomic E-state index is 0.651. The lowest BCUT2D eigenvalue weighted by atomic mass is 10.1. The van der Waals surface area contributed by atoms with Crippen LogP contribution in [0.4, 0.5) is 0 Å². The van der Waals surface area contributed by atoms with Crippen LogP contribution in [0.3, 0.4) is 0 Å². The van der Waals surface area contributed by atoms with Gasteiger partial charge in [-0.3, -0.25) is 4.90 Å². The normalized spacial score (nSPS) is 30.6. The monoisotopic (exact) mass is 226 g/mol. The Balaban J connectivity index is 2.31. The molecule has 0 aromatic carbocycles. The van der Waals surface area contributed by atoms with Gasteiger partial charge in [0.25, 0.3) is 0 Å². The van der Waals surface area contributed by atoms with Crippen molar-refractivity contribution in [3.05, 3.63) is 0 Å². The molecule has 1 heterocycles. The van der Waals surface area contributed by atoms with Crippen molar-refractivity contribution in [3.8, 4) is 0 Å². The maximum absolute atomic E-state index is 3.59. The number of nitrogens with one attached hydrogen (secondary N) is 1. The lowest BCUT2D eigenvalue weighted by Crippen LogP contribution is -2.40. The molecule has 1 aliphatic rings. The minimum absolute atomic E-state index is 0.651. The van der Waals surface area contributed by atoms with Crippen LogP contribution in [0.1, 0.15) is 53.9 Å². The van der Waals surface area contributed by atoms with E-state index in [4.69, 9.17) is 0 Å². The van der Waals surface area contributed by atoms with Crippen LogP contribution >= 0.6 is 0 Å². The summed E-state index contributed by atoms with van der Waals surface area (Å²) in [4.78, 5) is 2.69. The molecule has 0 radical (unpaired) electrons. The van der Waals surface area contributed by atoms with Crippen molar-refractivity contribution in [2.45, 2.75) is 72.0 Å². The van der Waals surface area contributed by atoms with E-state index in [0.717, 1.165) is 24.5 Å². The van der Waals surface area contributed by atoms with Crippen LogP contribution in [0, 0.1) is 5.92 Å². The van der Waals surface area contributed by atoms with Crippen LogP contribution in [-0.2, 0) is 0 Å². The van der Waals surface area contributed by atoms with Crippen molar-refractivity contribution in [2.75, 3.05) is 13.1 Å². The molecule has 0 spiro atoms. The van der Waals surface area contributed by atoms with Crippen molar-refractivity contribution >= 4 is 0 Å². The van der Waals surface area contributed by atoms with Crippen molar-refractivity contribution < 1.29 is 0 Å². The average Bonchev–Trinajstić information content (AvgIpc) is 2.54. The molecule has 1 rings (SSSR count). The molecule has 1 saturated heterocycles. The third-order valence-corrected chi connectivity index (χ3v) is 3.84. The Bertz CT molecular complexity index is 193. The summed E-state index contributed by atoms with van der Waals surface area (Å²) in [6.45, 7) is 14.1. The van der Waals surface area contributed by atoms with Gasteiger partial charge in [-0.25, -0.2) is 0 Å². The molecule has 4 unspecified atom stereocenters. The topological polar surface area (TPSA) is 15.3 Å². The quantitative estimate of drug-likeness (QED) is 0.749. The smallest absolute Gasteiger partial charge is 0.00845 e. The van der Waals surface area contributed by atoms with E-state index >= 15 is 0 Å². The number of rotatable bonds is 6. The molecule has 1 N–H and O–H groups in total. The van der Waals surface area contributed by atoms with Crippen molar-refractivity contribution in [2.24, 2.45) is 5.92 Å². The van der Waals surface area contributed by atoms with Gasteiger partial charge in [0.1, 0.15) is 0 Å². The van der Waals surface area contributed by atoms with Gasteiger partial charge in [-0.2, -0.15) is 0 Å². The van der Waals surface area contributed by atoms with Crippen molar-refractivity contribution in [3.63, 3.8) is 0 Å². The van der Waals surface area contributed by atoms with E-state index in [1.54, 1.807) is 0 Å². The molecule has 0 aromatic heterocycles. The van der Waals surface area contributed by atoms with E-state index in [1.165, 1.54) is 25.8 Å². The Morgan fingerprint density at radius 1 is 1.31 bits per heavy atom. The number of likely N-dealkylation sites (tertiary alicyclic amines) is 1. The molecule has 96 valence electrons. The molecule has 0 amide bonds. The molecule has 0 bridgehead atoms. The van der Waals surface area contributed by atoms with E-state index in [9.17, 15) is 0 Å². The Labute approximate surface area is 102 Å². The Morgan fingerprint density at radius 3 is 2.50 bits per heavy atom. The van der Waals surface area contributed by atoms with Gasteiger partial charge in [-0.05, 0) is 52.5 Å². The molecule has 0 saturated carbocycles. The largest absolute Gasteiger partial charge is 0.314 e. The van der Waals surface area contributed by atoms with Gasteiger partial charge in [0.15, 0.2) is 0 Å². The van der Waals surface area contributed by atoms with Crippen LogP contribution in [0.2, 0.25) is 0 Å². The summed E-state index contributed by atoms with van der Waals surface area (Å²) in [5.41, 5.74) is 0. The maximum atomic E-state index is 3.59. The summed E-state index contributed by atoms with van der Waals surface area (Å²) in [6, 6.07) is 2.15. The average molecular weight is 226 g/mol. The molecular weight excluding hydrogens is 196 g/mol. The Kier molecular flexibility index (Phi) is 5.77. The van der Waals surface area contributed by atoms with Crippen LogP contribution < -0.4 is 5.32 Å². The van der Waals surface area contributed by atoms with Gasteiger partial charge in [0.05, 0.1) is 0 Å². The van der Waals surface area contributed by atoms with Crippen LogP contribution in [0.5, 0.6) is 0 Å². The summed E-state index contributed by atoms with van der Waals surface area (Å²) >= 11 is 0. The van der Waals surface area contributed by atoms with Crippen molar-refractivity contribution in [1.29, 1.82) is 0 Å². The maximum Gasteiger partial charge on any atom is 0.00845 e. The predicted octanol–water partition coefficient (Wildman–Crippen LogP) is 2.88. The fraction of sp³-hybridized carbons (Fsp3) is 1.00. The number of hydrogen-bond acceptors (Lipinski definition) is 2. The Morgan fingerprint density at radius 2 is 2.00 bits per heavy atom. The molecule has 16 heavy (non-hydrogen) atoms. The molecule has 4 atom stereocenters. The summed E-state index contributed by atoms with van der Waals surface area (Å²) in [6.07, 6.45) is 3.88. The fourth-order valence-corrected chi connectivity index (χ4v) is 3.07. The highest BCUT2D eigenvalue weighted by atomic mass is 15.2. The molecule has 1 aliphatic heterocycles. The second-order valence-electron chi connectivity index (χ2n) is 5.83. The van der Waals surface area contributed by atoms with Crippen LogP contribution in [0.15, 0.2) is 0 Å². The molecule has 2 nitrogen and oxygen atoms in total. The lowest BCUT2D eigenvalue weighted by molar-refractivity contribution is 0.180. The molecule has 2 heteroatoms. The van der Waals surface area contributed by atoms with Crippen molar-refractivity contribution in [1.82, 2.24) is 10.2 Å². The van der Waals surface area contributed by atoms with Crippen LogP contribution in [-0.4, -0.2) is 36.1 Å². The second kappa shape index (κ2) is 6.61. The van der Waals surface area contributed by atoms with E-state index in [0.29, 0.717) is 6.04 Å². The van der Waals surface area contributed by atoms with E-state index < -0.39 is 0 Å². The van der Waals surface area contributed by atoms with Crippen LogP contribution in [0.25, 0.3) is 0 Å². The molecule has 0 aromatic rings. The lowest BCUT2D eigenvalue weighted by Gasteiger charge is -2.30. The summed E-state index contributed by atoms with van der Waals surface area (Å²) in [5.74, 6) is 0.886. The number of nitrogens with zero attached hydrogens (tertiary/aromatic N) is 1. The predicted molar refractivity (Wildman–Crippen MR) is 71.8 cm³/mol. The number of hydrogen-bond donors (Lipinski definition) is 1. The zero-order chi connectivity index (χ0) is 12.1. The SMILES string of the molecule is CCCNC(C)CC(C)N1CC(C)CC1C. The zero-order valence-corrected chi connectivity index (χ0v) is 11.8. The second-order valence-corrected chi connectivity index (χ2v) is 5.83. The van der Waals surface area contributed by atoms with E-state index in [-0.39, 0.29) is 0 Å².